The minimum atomic E-state index is 1.06. The van der Waals surface area contributed by atoms with E-state index in [0.717, 1.165) is 5.71 Å². The van der Waals surface area contributed by atoms with Crippen molar-refractivity contribution in [3.05, 3.63) is 53.6 Å². The largest absolute Gasteiger partial charge is 0.293 e. The van der Waals surface area contributed by atoms with Gasteiger partial charge in [0.2, 0.25) is 0 Å². The Morgan fingerprint density at radius 2 is 1.50 bits per heavy atom. The zero-order chi connectivity index (χ0) is 17.4. The van der Waals surface area contributed by atoms with Crippen LogP contribution in [-0.2, 0) is 0 Å². The van der Waals surface area contributed by atoms with Crippen LogP contribution in [0.15, 0.2) is 53.0 Å². The van der Waals surface area contributed by atoms with Gasteiger partial charge in [0.15, 0.2) is 0 Å². The fourth-order valence-corrected chi connectivity index (χ4v) is 1.45. The predicted molar refractivity (Wildman–Crippen MR) is 105 cm³/mol. The molecule has 0 N–H and O–H groups in total. The number of allylic oxidation sites excluding steroid dienone is 4. The molecule has 0 heterocycles. The van der Waals surface area contributed by atoms with Crippen LogP contribution in [0.3, 0.4) is 0 Å². The number of rotatable bonds is 4. The fraction of sp³-hybridized carbons (Fsp3) is 0.476. The van der Waals surface area contributed by atoms with Crippen LogP contribution < -0.4 is 0 Å². The molecule has 1 rings (SSSR count). The molecule has 0 radical (unpaired) electrons. The first kappa shape index (κ1) is 22.6. The van der Waals surface area contributed by atoms with Gasteiger partial charge in [-0.3, -0.25) is 4.99 Å². The Hall–Kier alpha value is -1.63. The molecule has 0 bridgehead atoms. The molecule has 0 amide bonds. The molecule has 0 saturated heterocycles. The lowest BCUT2D eigenvalue weighted by atomic mass is 9.99. The lowest BCUT2D eigenvalue weighted by molar-refractivity contribution is 0.886. The summed E-state index contributed by atoms with van der Waals surface area (Å²) in [5.74, 6) is 0. The van der Waals surface area contributed by atoms with Crippen LogP contribution in [0.4, 0.5) is 0 Å². The molecule has 22 heavy (non-hydrogen) atoms. The Morgan fingerprint density at radius 1 is 1.00 bits per heavy atom. The molecule has 0 aliphatic carbocycles. The van der Waals surface area contributed by atoms with Crippen LogP contribution >= 0.6 is 0 Å². The Morgan fingerprint density at radius 3 is 1.86 bits per heavy atom. The van der Waals surface area contributed by atoms with Crippen molar-refractivity contribution in [1.82, 2.24) is 0 Å². The molecule has 0 saturated carbocycles. The summed E-state index contributed by atoms with van der Waals surface area (Å²) < 4.78 is 0. The van der Waals surface area contributed by atoms with Gasteiger partial charge in [0, 0.05) is 18.3 Å². The smallest absolute Gasteiger partial charge is 0.0392 e. The molecule has 0 unspecified atom stereocenters. The predicted octanol–water partition coefficient (Wildman–Crippen LogP) is 6.96. The van der Waals surface area contributed by atoms with E-state index in [9.17, 15) is 0 Å². The Balaban J connectivity index is 0. The summed E-state index contributed by atoms with van der Waals surface area (Å²) >= 11 is 0. The van der Waals surface area contributed by atoms with Crippen LogP contribution in [0.25, 0.3) is 5.57 Å². The highest BCUT2D eigenvalue weighted by molar-refractivity contribution is 6.23. The van der Waals surface area contributed by atoms with E-state index in [2.05, 4.69) is 62.2 Å². The monoisotopic (exact) mass is 301 g/mol. The van der Waals surface area contributed by atoms with Crippen LogP contribution in [0.5, 0.6) is 0 Å². The summed E-state index contributed by atoms with van der Waals surface area (Å²) in [5, 5.41) is 0. The van der Waals surface area contributed by atoms with Gasteiger partial charge in [0.25, 0.3) is 0 Å². The van der Waals surface area contributed by atoms with Gasteiger partial charge in [-0.05, 0) is 32.4 Å². The zero-order valence-electron chi connectivity index (χ0n) is 15.9. The quantitative estimate of drug-likeness (QED) is 0.421. The van der Waals surface area contributed by atoms with Crippen molar-refractivity contribution in [2.75, 3.05) is 7.05 Å². The van der Waals surface area contributed by atoms with E-state index < -0.39 is 0 Å². The molecule has 0 aromatic heterocycles. The van der Waals surface area contributed by atoms with Gasteiger partial charge in [-0.15, -0.1) is 0 Å². The number of nitrogens with zero attached hydrogens (tertiary/aromatic N) is 1. The second-order valence-electron chi connectivity index (χ2n) is 4.77. The second kappa shape index (κ2) is 15.8. The van der Waals surface area contributed by atoms with E-state index in [1.165, 1.54) is 29.6 Å². The van der Waals surface area contributed by atoms with Crippen LogP contribution in [0, 0.1) is 0 Å². The Bertz CT molecular complexity index is 448. The van der Waals surface area contributed by atoms with Crippen molar-refractivity contribution >= 4 is 11.3 Å². The highest BCUT2D eigenvalue weighted by atomic mass is 14.7. The van der Waals surface area contributed by atoms with Gasteiger partial charge in [0.05, 0.1) is 0 Å². The van der Waals surface area contributed by atoms with Crippen molar-refractivity contribution < 1.29 is 0 Å². The Labute approximate surface area is 138 Å². The molecule has 1 nitrogen and oxygen atoms in total. The normalized spacial score (nSPS) is 11.9. The standard InChI is InChI=1S/C15H19N.C4H10.C2H6/c1-5-12(2)11-15(13(3)16-4)14-9-7-6-8-10-14;1-3-4-2;1-2/h5-11H,1-4H3;3-4H2,1-2H3;1-2H3/b12-5-,15-11+,16-13?;;. The minimum Gasteiger partial charge on any atom is -0.293 e. The van der Waals surface area contributed by atoms with Gasteiger partial charge in [-0.25, -0.2) is 0 Å². The maximum atomic E-state index is 4.27. The van der Waals surface area contributed by atoms with Crippen molar-refractivity contribution in [2.45, 2.75) is 61.3 Å². The fourth-order valence-electron chi connectivity index (χ4n) is 1.45. The van der Waals surface area contributed by atoms with Crippen LogP contribution in [0.1, 0.15) is 66.9 Å². The molecule has 0 spiro atoms. The number of hydrogen-bond donors (Lipinski definition) is 0. The third-order valence-electron chi connectivity index (χ3n) is 3.14. The summed E-state index contributed by atoms with van der Waals surface area (Å²) in [6.07, 6.45) is 6.92. The average molecular weight is 302 g/mol. The van der Waals surface area contributed by atoms with Crippen molar-refractivity contribution in [1.29, 1.82) is 0 Å². The van der Waals surface area contributed by atoms with E-state index in [0.29, 0.717) is 0 Å². The van der Waals surface area contributed by atoms with E-state index >= 15 is 0 Å². The van der Waals surface area contributed by atoms with Gasteiger partial charge >= 0.3 is 0 Å². The topological polar surface area (TPSA) is 12.4 Å². The SMILES string of the molecule is C/C=C(C)\C=C(/C(C)=NC)c1ccccc1.CC.CCCC. The summed E-state index contributed by atoms with van der Waals surface area (Å²) in [5.41, 5.74) is 4.72. The van der Waals surface area contributed by atoms with Gasteiger partial charge < -0.3 is 0 Å². The molecular formula is C21H35N. The lowest BCUT2D eigenvalue weighted by Gasteiger charge is -2.07. The lowest BCUT2D eigenvalue weighted by Crippen LogP contribution is -1.97. The summed E-state index contributed by atoms with van der Waals surface area (Å²) in [7, 11) is 1.83. The number of hydrogen-bond acceptors (Lipinski definition) is 1. The molecule has 1 aromatic rings. The van der Waals surface area contributed by atoms with E-state index in [1.54, 1.807) is 0 Å². The zero-order valence-corrected chi connectivity index (χ0v) is 15.9. The molecule has 124 valence electrons. The molecule has 1 aromatic carbocycles. The van der Waals surface area contributed by atoms with Gasteiger partial charge in [-0.1, -0.05) is 82.5 Å². The maximum Gasteiger partial charge on any atom is 0.0392 e. The Kier molecular flexibility index (Phi) is 16.2. The molecule has 1 heteroatoms. The van der Waals surface area contributed by atoms with Gasteiger partial charge in [-0.2, -0.15) is 0 Å². The van der Waals surface area contributed by atoms with Crippen molar-refractivity contribution in [3.63, 3.8) is 0 Å². The van der Waals surface area contributed by atoms with E-state index in [4.69, 9.17) is 0 Å². The first-order valence-electron chi connectivity index (χ1n) is 8.44. The second-order valence-corrected chi connectivity index (χ2v) is 4.77. The number of benzene rings is 1. The molecule has 0 aliphatic rings. The highest BCUT2D eigenvalue weighted by Gasteiger charge is 2.03. The minimum absolute atomic E-state index is 1.06. The average Bonchev–Trinajstić information content (AvgIpc) is 2.61. The number of aliphatic imine (C=N–C) groups is 1. The van der Waals surface area contributed by atoms with E-state index in [-0.39, 0.29) is 0 Å². The van der Waals surface area contributed by atoms with Gasteiger partial charge in [0.1, 0.15) is 0 Å². The molecule has 0 aliphatic heterocycles. The third kappa shape index (κ3) is 10.1. The van der Waals surface area contributed by atoms with Crippen LogP contribution in [0.2, 0.25) is 0 Å². The van der Waals surface area contributed by atoms with Crippen molar-refractivity contribution in [2.24, 2.45) is 4.99 Å². The first-order chi connectivity index (χ1) is 10.6. The molecule has 0 fully saturated rings. The van der Waals surface area contributed by atoms with E-state index in [1.807, 2.05) is 40.8 Å². The third-order valence-corrected chi connectivity index (χ3v) is 3.14. The van der Waals surface area contributed by atoms with Crippen LogP contribution in [-0.4, -0.2) is 12.8 Å². The highest BCUT2D eigenvalue weighted by Crippen LogP contribution is 2.18. The molecular weight excluding hydrogens is 266 g/mol. The summed E-state index contributed by atoms with van der Waals surface area (Å²) in [6, 6.07) is 10.4. The first-order valence-corrected chi connectivity index (χ1v) is 8.44. The summed E-state index contributed by atoms with van der Waals surface area (Å²) in [6.45, 7) is 14.6. The number of unbranched alkanes of at least 4 members (excludes halogenated alkanes) is 1. The summed E-state index contributed by atoms with van der Waals surface area (Å²) in [4.78, 5) is 4.27. The molecule has 0 atom stereocenters. The van der Waals surface area contributed by atoms with Crippen molar-refractivity contribution in [3.8, 4) is 0 Å². The maximum absolute atomic E-state index is 4.27.